The standard InChI is InChI=1S/C17H32N2O/c1-17(8-3-2-4-9-17)13-19-15-7-5-6-14(15)16-12-20-11-10-18-16/h14-16,18-19H,2-13H2,1H3. The van der Waals surface area contributed by atoms with Crippen molar-refractivity contribution in [1.82, 2.24) is 10.6 Å². The zero-order valence-electron chi connectivity index (χ0n) is 13.1. The molecule has 2 aliphatic carbocycles. The molecular formula is C17H32N2O. The van der Waals surface area contributed by atoms with Crippen LogP contribution in [0, 0.1) is 11.3 Å². The number of hydrogen-bond donors (Lipinski definition) is 2. The van der Waals surface area contributed by atoms with Crippen molar-refractivity contribution in [3.63, 3.8) is 0 Å². The Morgan fingerprint density at radius 3 is 2.75 bits per heavy atom. The molecule has 3 nitrogen and oxygen atoms in total. The van der Waals surface area contributed by atoms with E-state index in [-0.39, 0.29) is 0 Å². The van der Waals surface area contributed by atoms with E-state index in [1.165, 1.54) is 57.9 Å². The van der Waals surface area contributed by atoms with Gasteiger partial charge < -0.3 is 15.4 Å². The quantitative estimate of drug-likeness (QED) is 0.831. The van der Waals surface area contributed by atoms with E-state index >= 15 is 0 Å². The van der Waals surface area contributed by atoms with E-state index < -0.39 is 0 Å². The highest BCUT2D eigenvalue weighted by atomic mass is 16.5. The SMILES string of the molecule is CC1(CNC2CCCC2C2COCCN2)CCCCC1. The van der Waals surface area contributed by atoms with Crippen molar-refractivity contribution in [2.45, 2.75) is 70.4 Å². The van der Waals surface area contributed by atoms with Gasteiger partial charge in [0.25, 0.3) is 0 Å². The van der Waals surface area contributed by atoms with Crippen LogP contribution < -0.4 is 10.6 Å². The summed E-state index contributed by atoms with van der Waals surface area (Å²) in [5.41, 5.74) is 0.557. The Balaban J connectivity index is 1.50. The van der Waals surface area contributed by atoms with Crippen molar-refractivity contribution >= 4 is 0 Å². The molecule has 3 atom stereocenters. The van der Waals surface area contributed by atoms with Gasteiger partial charge >= 0.3 is 0 Å². The molecule has 20 heavy (non-hydrogen) atoms. The van der Waals surface area contributed by atoms with E-state index in [9.17, 15) is 0 Å². The maximum atomic E-state index is 5.67. The van der Waals surface area contributed by atoms with Gasteiger partial charge in [-0.3, -0.25) is 0 Å². The van der Waals surface area contributed by atoms with Crippen molar-refractivity contribution in [2.75, 3.05) is 26.3 Å². The second-order valence-corrected chi connectivity index (χ2v) is 7.59. The van der Waals surface area contributed by atoms with Gasteiger partial charge in [-0.05, 0) is 37.0 Å². The molecule has 1 aliphatic heterocycles. The predicted octanol–water partition coefficient (Wildman–Crippen LogP) is 2.70. The number of rotatable bonds is 4. The fraction of sp³-hybridized carbons (Fsp3) is 1.00. The lowest BCUT2D eigenvalue weighted by atomic mass is 9.75. The molecule has 0 radical (unpaired) electrons. The molecule has 0 spiro atoms. The molecule has 3 rings (SSSR count). The molecule has 1 saturated heterocycles. The van der Waals surface area contributed by atoms with E-state index in [0.29, 0.717) is 17.5 Å². The minimum atomic E-state index is 0.557. The topological polar surface area (TPSA) is 33.3 Å². The van der Waals surface area contributed by atoms with Crippen molar-refractivity contribution in [3.8, 4) is 0 Å². The largest absolute Gasteiger partial charge is 0.379 e. The first kappa shape index (κ1) is 14.8. The van der Waals surface area contributed by atoms with E-state index in [2.05, 4.69) is 17.6 Å². The first-order chi connectivity index (χ1) is 9.77. The van der Waals surface area contributed by atoms with Crippen LogP contribution in [0.5, 0.6) is 0 Å². The predicted molar refractivity (Wildman–Crippen MR) is 82.9 cm³/mol. The van der Waals surface area contributed by atoms with Gasteiger partial charge in [-0.1, -0.05) is 32.6 Å². The molecule has 3 heteroatoms. The molecule has 116 valence electrons. The van der Waals surface area contributed by atoms with Crippen LogP contribution in [-0.4, -0.2) is 38.4 Å². The Labute approximate surface area is 124 Å². The third-order valence-electron chi connectivity index (χ3n) is 5.89. The Kier molecular flexibility index (Phi) is 5.00. The first-order valence-electron chi connectivity index (χ1n) is 8.81. The van der Waals surface area contributed by atoms with Crippen molar-refractivity contribution in [3.05, 3.63) is 0 Å². The van der Waals surface area contributed by atoms with Gasteiger partial charge in [0, 0.05) is 25.2 Å². The Hall–Kier alpha value is -0.120. The minimum absolute atomic E-state index is 0.557. The third-order valence-corrected chi connectivity index (χ3v) is 5.89. The molecule has 0 amide bonds. The van der Waals surface area contributed by atoms with Gasteiger partial charge in [0.05, 0.1) is 13.2 Å². The second kappa shape index (κ2) is 6.76. The van der Waals surface area contributed by atoms with Crippen LogP contribution in [0.3, 0.4) is 0 Å². The van der Waals surface area contributed by atoms with Gasteiger partial charge in [0.15, 0.2) is 0 Å². The summed E-state index contributed by atoms with van der Waals surface area (Å²) in [6.07, 6.45) is 11.3. The van der Waals surface area contributed by atoms with Gasteiger partial charge in [-0.15, -0.1) is 0 Å². The molecule has 0 bridgehead atoms. The van der Waals surface area contributed by atoms with E-state index in [4.69, 9.17) is 4.74 Å². The van der Waals surface area contributed by atoms with Crippen molar-refractivity contribution < 1.29 is 4.74 Å². The molecule has 3 unspecified atom stereocenters. The molecule has 3 fully saturated rings. The van der Waals surface area contributed by atoms with Crippen molar-refractivity contribution in [2.24, 2.45) is 11.3 Å². The summed E-state index contributed by atoms with van der Waals surface area (Å²) in [5.74, 6) is 0.780. The van der Waals surface area contributed by atoms with Crippen LogP contribution in [0.2, 0.25) is 0 Å². The van der Waals surface area contributed by atoms with Crippen molar-refractivity contribution in [1.29, 1.82) is 0 Å². The Morgan fingerprint density at radius 1 is 1.15 bits per heavy atom. The van der Waals surface area contributed by atoms with E-state index in [1.54, 1.807) is 0 Å². The highest BCUT2D eigenvalue weighted by Crippen LogP contribution is 2.36. The molecule has 0 aromatic carbocycles. The lowest BCUT2D eigenvalue weighted by Crippen LogP contribution is -2.52. The maximum Gasteiger partial charge on any atom is 0.0623 e. The van der Waals surface area contributed by atoms with Crippen LogP contribution in [-0.2, 0) is 4.74 Å². The van der Waals surface area contributed by atoms with E-state index in [1.807, 2.05) is 0 Å². The van der Waals surface area contributed by atoms with Gasteiger partial charge in [-0.25, -0.2) is 0 Å². The second-order valence-electron chi connectivity index (χ2n) is 7.59. The summed E-state index contributed by atoms with van der Waals surface area (Å²) in [6.45, 7) is 6.55. The number of ether oxygens (including phenoxy) is 1. The number of morpholine rings is 1. The van der Waals surface area contributed by atoms with Gasteiger partial charge in [-0.2, -0.15) is 0 Å². The summed E-state index contributed by atoms with van der Waals surface area (Å²) < 4.78 is 5.67. The summed E-state index contributed by atoms with van der Waals surface area (Å²) in [6, 6.07) is 1.30. The molecule has 1 heterocycles. The Bertz CT molecular complexity index is 295. The first-order valence-corrected chi connectivity index (χ1v) is 8.81. The third kappa shape index (κ3) is 3.55. The number of nitrogens with one attached hydrogen (secondary N) is 2. The summed E-state index contributed by atoms with van der Waals surface area (Å²) in [5, 5.41) is 7.62. The van der Waals surface area contributed by atoms with Gasteiger partial charge in [0.2, 0.25) is 0 Å². The lowest BCUT2D eigenvalue weighted by Gasteiger charge is -2.37. The zero-order valence-corrected chi connectivity index (χ0v) is 13.1. The highest BCUT2D eigenvalue weighted by Gasteiger charge is 2.36. The molecular weight excluding hydrogens is 248 g/mol. The summed E-state index contributed by atoms with van der Waals surface area (Å²) in [4.78, 5) is 0. The molecule has 2 saturated carbocycles. The molecule has 3 aliphatic rings. The van der Waals surface area contributed by atoms with Crippen LogP contribution >= 0.6 is 0 Å². The monoisotopic (exact) mass is 280 g/mol. The Morgan fingerprint density at radius 2 is 2.00 bits per heavy atom. The molecule has 2 N–H and O–H groups in total. The molecule has 0 aromatic heterocycles. The highest BCUT2D eigenvalue weighted by molar-refractivity contribution is 4.93. The fourth-order valence-electron chi connectivity index (χ4n) is 4.54. The molecule has 0 aromatic rings. The van der Waals surface area contributed by atoms with E-state index in [0.717, 1.165) is 25.7 Å². The van der Waals surface area contributed by atoms with Crippen LogP contribution in [0.25, 0.3) is 0 Å². The maximum absolute atomic E-state index is 5.67. The zero-order chi connectivity index (χ0) is 13.8. The van der Waals surface area contributed by atoms with Gasteiger partial charge in [0.1, 0.15) is 0 Å². The fourth-order valence-corrected chi connectivity index (χ4v) is 4.54. The average Bonchev–Trinajstić information content (AvgIpc) is 2.95. The normalized spacial score (nSPS) is 38.0. The van der Waals surface area contributed by atoms with Crippen LogP contribution in [0.15, 0.2) is 0 Å². The minimum Gasteiger partial charge on any atom is -0.379 e. The summed E-state index contributed by atoms with van der Waals surface area (Å²) in [7, 11) is 0. The lowest BCUT2D eigenvalue weighted by molar-refractivity contribution is 0.0512. The van der Waals surface area contributed by atoms with Crippen LogP contribution in [0.4, 0.5) is 0 Å². The average molecular weight is 280 g/mol. The van der Waals surface area contributed by atoms with Crippen LogP contribution in [0.1, 0.15) is 58.3 Å². The number of hydrogen-bond acceptors (Lipinski definition) is 3. The smallest absolute Gasteiger partial charge is 0.0623 e. The summed E-state index contributed by atoms with van der Waals surface area (Å²) >= 11 is 0.